The van der Waals surface area contributed by atoms with Crippen LogP contribution < -0.4 is 5.73 Å². The normalized spacial score (nSPS) is 25.9. The van der Waals surface area contributed by atoms with Gasteiger partial charge in [-0.25, -0.2) is 4.98 Å². The summed E-state index contributed by atoms with van der Waals surface area (Å²) in [5, 5.41) is 2.59. The van der Waals surface area contributed by atoms with Gasteiger partial charge in [-0.05, 0) is 19.9 Å². The summed E-state index contributed by atoms with van der Waals surface area (Å²) in [6, 6.07) is 0. The zero-order valence-electron chi connectivity index (χ0n) is 9.73. The number of hydrogen-bond acceptors (Lipinski definition) is 5. The third kappa shape index (κ3) is 2.75. The Bertz CT molecular complexity index is 351. The van der Waals surface area contributed by atoms with Crippen LogP contribution in [0, 0.1) is 6.92 Å². The van der Waals surface area contributed by atoms with Gasteiger partial charge in [0, 0.05) is 21.6 Å². The van der Waals surface area contributed by atoms with Crippen molar-refractivity contribution in [2.45, 2.75) is 30.8 Å². The number of rotatable bonds is 3. The number of nitrogens with zero attached hydrogens (tertiary/aromatic N) is 1. The molecule has 2 heterocycles. The molecule has 0 aromatic carbocycles. The van der Waals surface area contributed by atoms with E-state index in [9.17, 15) is 0 Å². The van der Waals surface area contributed by atoms with Gasteiger partial charge in [-0.15, -0.1) is 23.1 Å². The lowest BCUT2D eigenvalue weighted by Crippen LogP contribution is -2.15. The van der Waals surface area contributed by atoms with E-state index in [-0.39, 0.29) is 0 Å². The van der Waals surface area contributed by atoms with Crippen LogP contribution in [0.3, 0.4) is 0 Å². The fourth-order valence-electron chi connectivity index (χ4n) is 1.84. The van der Waals surface area contributed by atoms with Crippen molar-refractivity contribution >= 4 is 34.9 Å². The molecule has 5 heteroatoms. The molecule has 0 radical (unpaired) electrons. The molecule has 0 amide bonds. The van der Waals surface area contributed by atoms with Crippen molar-refractivity contribution in [1.82, 2.24) is 4.98 Å². The SMILES string of the molecule is Cc1nc(C2SCCSC2C)sc1CCN. The number of aryl methyl sites for hydroxylation is 1. The summed E-state index contributed by atoms with van der Waals surface area (Å²) < 4.78 is 0. The van der Waals surface area contributed by atoms with Crippen LogP contribution >= 0.6 is 34.9 Å². The lowest BCUT2D eigenvalue weighted by atomic mass is 10.3. The molecule has 1 aromatic heterocycles. The molecule has 1 saturated heterocycles. The molecule has 0 aliphatic carbocycles. The van der Waals surface area contributed by atoms with Gasteiger partial charge in [0.1, 0.15) is 5.01 Å². The first-order chi connectivity index (χ1) is 7.72. The summed E-state index contributed by atoms with van der Waals surface area (Å²) in [4.78, 5) is 6.11. The van der Waals surface area contributed by atoms with E-state index in [0.717, 1.165) is 13.0 Å². The van der Waals surface area contributed by atoms with Gasteiger partial charge in [0.25, 0.3) is 0 Å². The number of aromatic nitrogens is 1. The van der Waals surface area contributed by atoms with E-state index < -0.39 is 0 Å². The maximum atomic E-state index is 5.61. The fourth-order valence-corrected chi connectivity index (χ4v) is 6.08. The molecule has 0 bridgehead atoms. The van der Waals surface area contributed by atoms with E-state index in [1.54, 1.807) is 0 Å². The molecular formula is C11H18N2S3. The topological polar surface area (TPSA) is 38.9 Å². The van der Waals surface area contributed by atoms with Crippen LogP contribution in [0.1, 0.15) is 27.8 Å². The lowest BCUT2D eigenvalue weighted by molar-refractivity contribution is 0.887. The molecule has 16 heavy (non-hydrogen) atoms. The molecule has 0 spiro atoms. The Morgan fingerprint density at radius 3 is 2.81 bits per heavy atom. The highest BCUT2D eigenvalue weighted by atomic mass is 32.2. The van der Waals surface area contributed by atoms with E-state index in [1.165, 1.54) is 27.1 Å². The van der Waals surface area contributed by atoms with Crippen LogP contribution in [0.2, 0.25) is 0 Å². The first-order valence-corrected chi connectivity index (χ1v) is 8.53. The standard InChI is InChI=1S/C11H18N2S3/c1-7-9(3-4-12)16-11(13-7)10-8(2)14-5-6-15-10/h8,10H,3-6,12H2,1-2H3. The van der Waals surface area contributed by atoms with Gasteiger partial charge in [0.2, 0.25) is 0 Å². The third-order valence-electron chi connectivity index (χ3n) is 2.71. The number of nitrogens with two attached hydrogens (primary N) is 1. The van der Waals surface area contributed by atoms with Gasteiger partial charge in [-0.3, -0.25) is 0 Å². The number of thiazole rings is 1. The van der Waals surface area contributed by atoms with Crippen LogP contribution in [0.25, 0.3) is 0 Å². The maximum absolute atomic E-state index is 5.61. The number of hydrogen-bond donors (Lipinski definition) is 1. The highest BCUT2D eigenvalue weighted by Crippen LogP contribution is 2.44. The van der Waals surface area contributed by atoms with Crippen molar-refractivity contribution in [1.29, 1.82) is 0 Å². The smallest absolute Gasteiger partial charge is 0.107 e. The zero-order valence-corrected chi connectivity index (χ0v) is 12.2. The van der Waals surface area contributed by atoms with Gasteiger partial charge in [0.05, 0.1) is 10.9 Å². The molecule has 1 aromatic rings. The summed E-state index contributed by atoms with van der Waals surface area (Å²) in [7, 11) is 0. The minimum Gasteiger partial charge on any atom is -0.330 e. The Balaban J connectivity index is 2.16. The minimum atomic E-state index is 0.592. The predicted molar refractivity (Wildman–Crippen MR) is 76.7 cm³/mol. The first-order valence-electron chi connectivity index (χ1n) is 5.62. The Kier molecular flexibility index (Phi) is 4.58. The van der Waals surface area contributed by atoms with Gasteiger partial charge in [-0.2, -0.15) is 11.8 Å². The largest absolute Gasteiger partial charge is 0.330 e. The van der Waals surface area contributed by atoms with E-state index in [4.69, 9.17) is 10.7 Å². The molecule has 1 aliphatic heterocycles. The molecule has 2 N–H and O–H groups in total. The van der Waals surface area contributed by atoms with Crippen LogP contribution in [0.5, 0.6) is 0 Å². The monoisotopic (exact) mass is 274 g/mol. The van der Waals surface area contributed by atoms with Gasteiger partial charge < -0.3 is 5.73 Å². The predicted octanol–water partition coefficient (Wildman–Crippen LogP) is 2.86. The van der Waals surface area contributed by atoms with E-state index in [1.807, 2.05) is 11.3 Å². The quantitative estimate of drug-likeness (QED) is 0.920. The van der Waals surface area contributed by atoms with E-state index in [0.29, 0.717) is 10.5 Å². The van der Waals surface area contributed by atoms with Crippen molar-refractivity contribution in [3.05, 3.63) is 15.6 Å². The lowest BCUT2D eigenvalue weighted by Gasteiger charge is -2.25. The summed E-state index contributed by atoms with van der Waals surface area (Å²) >= 11 is 6.00. The van der Waals surface area contributed by atoms with Crippen molar-refractivity contribution < 1.29 is 0 Å². The van der Waals surface area contributed by atoms with Crippen LogP contribution in [-0.4, -0.2) is 28.3 Å². The Labute approximate surface area is 110 Å². The van der Waals surface area contributed by atoms with Crippen LogP contribution in [-0.2, 0) is 6.42 Å². The highest BCUT2D eigenvalue weighted by molar-refractivity contribution is 8.06. The molecule has 1 aliphatic rings. The van der Waals surface area contributed by atoms with Gasteiger partial charge >= 0.3 is 0 Å². The Hall–Kier alpha value is 0.290. The molecule has 2 atom stereocenters. The molecule has 2 rings (SSSR count). The summed E-state index contributed by atoms with van der Waals surface area (Å²) in [5.41, 5.74) is 6.80. The van der Waals surface area contributed by atoms with Gasteiger partial charge in [0.15, 0.2) is 0 Å². The minimum absolute atomic E-state index is 0.592. The molecule has 1 fully saturated rings. The fraction of sp³-hybridized carbons (Fsp3) is 0.727. The second kappa shape index (κ2) is 5.76. The van der Waals surface area contributed by atoms with Crippen LogP contribution in [0.15, 0.2) is 0 Å². The van der Waals surface area contributed by atoms with E-state index in [2.05, 4.69) is 37.4 Å². The second-order valence-corrected chi connectivity index (χ2v) is 7.82. The maximum Gasteiger partial charge on any atom is 0.107 e. The van der Waals surface area contributed by atoms with Crippen molar-refractivity contribution in [2.75, 3.05) is 18.1 Å². The zero-order chi connectivity index (χ0) is 11.5. The summed E-state index contributed by atoms with van der Waals surface area (Å²) in [6.45, 7) is 5.15. The van der Waals surface area contributed by atoms with Crippen LogP contribution in [0.4, 0.5) is 0 Å². The average Bonchev–Trinajstić information content (AvgIpc) is 2.61. The highest BCUT2D eigenvalue weighted by Gasteiger charge is 2.27. The second-order valence-electron chi connectivity index (χ2n) is 3.97. The average molecular weight is 274 g/mol. The van der Waals surface area contributed by atoms with Gasteiger partial charge in [-0.1, -0.05) is 6.92 Å². The van der Waals surface area contributed by atoms with Crippen molar-refractivity contribution in [3.8, 4) is 0 Å². The Morgan fingerprint density at radius 1 is 1.38 bits per heavy atom. The van der Waals surface area contributed by atoms with E-state index >= 15 is 0 Å². The Morgan fingerprint density at radius 2 is 2.12 bits per heavy atom. The molecular weight excluding hydrogens is 256 g/mol. The summed E-state index contributed by atoms with van der Waals surface area (Å²) in [6.07, 6.45) is 0.975. The van der Waals surface area contributed by atoms with Crippen molar-refractivity contribution in [3.63, 3.8) is 0 Å². The van der Waals surface area contributed by atoms with Crippen molar-refractivity contribution in [2.24, 2.45) is 5.73 Å². The molecule has 90 valence electrons. The molecule has 2 nitrogen and oxygen atoms in total. The first kappa shape index (κ1) is 12.7. The molecule has 2 unspecified atom stereocenters. The number of thioether (sulfide) groups is 2. The third-order valence-corrected chi connectivity index (χ3v) is 7.26. The summed E-state index contributed by atoms with van der Waals surface area (Å²) in [5.74, 6) is 2.53. The molecule has 0 saturated carbocycles.